The molecule has 0 aliphatic carbocycles. The van der Waals surface area contributed by atoms with Crippen molar-refractivity contribution in [2.24, 2.45) is 0 Å². The maximum absolute atomic E-state index is 5.62. The number of nitrogens with one attached hydrogen (secondary N) is 1. The average Bonchev–Trinajstić information content (AvgIpc) is 2.48. The maximum atomic E-state index is 5.62. The molecule has 1 atom stereocenters. The van der Waals surface area contributed by atoms with E-state index in [1.165, 1.54) is 0 Å². The van der Waals surface area contributed by atoms with Gasteiger partial charge in [-0.05, 0) is 26.3 Å². The van der Waals surface area contributed by atoms with Crippen molar-refractivity contribution in [3.63, 3.8) is 0 Å². The van der Waals surface area contributed by atoms with Crippen LogP contribution < -0.4 is 5.32 Å². The van der Waals surface area contributed by atoms with Crippen molar-refractivity contribution in [2.75, 3.05) is 11.9 Å². The molecule has 1 aromatic heterocycles. The minimum atomic E-state index is -0.106. The molecule has 2 heterocycles. The summed E-state index contributed by atoms with van der Waals surface area (Å²) in [6, 6.07) is 2.20. The second-order valence-electron chi connectivity index (χ2n) is 4.03. The number of anilines is 1. The third-order valence-corrected chi connectivity index (χ3v) is 2.62. The number of ether oxygens (including phenoxy) is 1. The van der Waals surface area contributed by atoms with Crippen LogP contribution in [0.1, 0.15) is 20.3 Å². The maximum Gasteiger partial charge on any atom is 0.129 e. The van der Waals surface area contributed by atoms with Crippen LogP contribution in [0.25, 0.3) is 0 Å². The van der Waals surface area contributed by atoms with Crippen molar-refractivity contribution in [1.82, 2.24) is 9.97 Å². The van der Waals surface area contributed by atoms with Crippen LogP contribution in [-0.4, -0.2) is 28.2 Å². The highest BCUT2D eigenvalue weighted by Crippen LogP contribution is 2.27. The van der Waals surface area contributed by atoms with E-state index in [0.717, 1.165) is 18.8 Å². The van der Waals surface area contributed by atoms with Crippen LogP contribution in [-0.2, 0) is 4.74 Å². The van der Waals surface area contributed by atoms with Crippen molar-refractivity contribution in [3.05, 3.63) is 18.6 Å². The summed E-state index contributed by atoms with van der Waals surface area (Å²) in [4.78, 5) is 8.00. The average molecular weight is 193 g/mol. The van der Waals surface area contributed by atoms with E-state index < -0.39 is 0 Å². The molecule has 2 rings (SSSR count). The Labute approximate surface area is 83.7 Å². The Balaban J connectivity index is 2.05. The topological polar surface area (TPSA) is 47.0 Å². The van der Waals surface area contributed by atoms with Gasteiger partial charge in [0.05, 0.1) is 11.6 Å². The molecule has 1 saturated heterocycles. The van der Waals surface area contributed by atoms with E-state index >= 15 is 0 Å². The number of rotatable bonds is 2. The molecule has 4 nitrogen and oxygen atoms in total. The standard InChI is InChI=1S/C10H15N3O/c1-10(2)8(4-6-14-10)13-9-3-5-11-7-12-9/h3,5,7-8H,4,6H2,1-2H3,(H,11,12,13). The molecule has 0 spiro atoms. The molecule has 4 heteroatoms. The predicted octanol–water partition coefficient (Wildman–Crippen LogP) is 1.46. The van der Waals surface area contributed by atoms with Crippen LogP contribution in [0.4, 0.5) is 5.82 Å². The Kier molecular flexibility index (Phi) is 2.37. The molecule has 0 aromatic carbocycles. The van der Waals surface area contributed by atoms with Crippen molar-refractivity contribution in [1.29, 1.82) is 0 Å². The third kappa shape index (κ3) is 1.85. The molecule has 1 N–H and O–H groups in total. The van der Waals surface area contributed by atoms with Crippen LogP contribution >= 0.6 is 0 Å². The van der Waals surface area contributed by atoms with E-state index in [1.54, 1.807) is 12.5 Å². The monoisotopic (exact) mass is 193 g/mol. The largest absolute Gasteiger partial charge is 0.373 e. The van der Waals surface area contributed by atoms with Gasteiger partial charge in [0.25, 0.3) is 0 Å². The van der Waals surface area contributed by atoms with Gasteiger partial charge in [0.15, 0.2) is 0 Å². The third-order valence-electron chi connectivity index (χ3n) is 2.62. The van der Waals surface area contributed by atoms with Crippen LogP contribution in [0.15, 0.2) is 18.6 Å². The van der Waals surface area contributed by atoms with E-state index in [4.69, 9.17) is 4.74 Å². The van der Waals surface area contributed by atoms with Crippen LogP contribution in [0, 0.1) is 0 Å². The second kappa shape index (κ2) is 3.53. The molecule has 1 aromatic rings. The molecule has 1 unspecified atom stereocenters. The van der Waals surface area contributed by atoms with Gasteiger partial charge in [-0.3, -0.25) is 0 Å². The van der Waals surface area contributed by atoms with Gasteiger partial charge in [-0.1, -0.05) is 0 Å². The molecule has 14 heavy (non-hydrogen) atoms. The Morgan fingerprint density at radius 3 is 3.00 bits per heavy atom. The highest BCUT2D eigenvalue weighted by atomic mass is 16.5. The summed E-state index contributed by atoms with van der Waals surface area (Å²) < 4.78 is 5.62. The van der Waals surface area contributed by atoms with Gasteiger partial charge < -0.3 is 10.1 Å². The zero-order valence-corrected chi connectivity index (χ0v) is 8.53. The van der Waals surface area contributed by atoms with Gasteiger partial charge in [-0.15, -0.1) is 0 Å². The lowest BCUT2D eigenvalue weighted by atomic mass is 9.99. The van der Waals surface area contributed by atoms with E-state index in [1.807, 2.05) is 6.07 Å². The fourth-order valence-corrected chi connectivity index (χ4v) is 1.69. The normalized spacial score (nSPS) is 24.9. The van der Waals surface area contributed by atoms with Crippen molar-refractivity contribution in [2.45, 2.75) is 31.9 Å². The Bertz CT molecular complexity index is 299. The van der Waals surface area contributed by atoms with E-state index in [9.17, 15) is 0 Å². The van der Waals surface area contributed by atoms with Crippen molar-refractivity contribution in [3.8, 4) is 0 Å². The summed E-state index contributed by atoms with van der Waals surface area (Å²) in [6.45, 7) is 5.01. The van der Waals surface area contributed by atoms with Gasteiger partial charge in [-0.25, -0.2) is 9.97 Å². The first-order valence-corrected chi connectivity index (χ1v) is 4.85. The van der Waals surface area contributed by atoms with Gasteiger partial charge in [0.1, 0.15) is 12.1 Å². The fraction of sp³-hybridized carbons (Fsp3) is 0.600. The van der Waals surface area contributed by atoms with Gasteiger partial charge in [0.2, 0.25) is 0 Å². The highest BCUT2D eigenvalue weighted by Gasteiger charge is 2.35. The van der Waals surface area contributed by atoms with E-state index in [0.29, 0.717) is 6.04 Å². The summed E-state index contributed by atoms with van der Waals surface area (Å²) in [5, 5.41) is 3.36. The molecule has 0 bridgehead atoms. The summed E-state index contributed by atoms with van der Waals surface area (Å²) >= 11 is 0. The molecule has 76 valence electrons. The van der Waals surface area contributed by atoms with Gasteiger partial charge in [0, 0.05) is 12.8 Å². The summed E-state index contributed by atoms with van der Waals surface area (Å²) in [6.07, 6.45) is 4.31. The first-order chi connectivity index (χ1) is 6.68. The molecule has 0 radical (unpaired) electrons. The molecular formula is C10H15N3O. The Morgan fingerprint density at radius 2 is 2.43 bits per heavy atom. The fourth-order valence-electron chi connectivity index (χ4n) is 1.69. The first kappa shape index (κ1) is 9.40. The van der Waals surface area contributed by atoms with Crippen LogP contribution in [0.2, 0.25) is 0 Å². The number of hydrogen-bond donors (Lipinski definition) is 1. The number of nitrogens with zero attached hydrogens (tertiary/aromatic N) is 2. The predicted molar refractivity (Wildman–Crippen MR) is 54.1 cm³/mol. The van der Waals surface area contributed by atoms with Gasteiger partial charge >= 0.3 is 0 Å². The molecule has 1 fully saturated rings. The van der Waals surface area contributed by atoms with Gasteiger partial charge in [-0.2, -0.15) is 0 Å². The summed E-state index contributed by atoms with van der Waals surface area (Å²) in [7, 11) is 0. The minimum absolute atomic E-state index is 0.106. The van der Waals surface area contributed by atoms with Crippen LogP contribution in [0.5, 0.6) is 0 Å². The lowest BCUT2D eigenvalue weighted by Crippen LogP contribution is -2.38. The zero-order valence-electron chi connectivity index (χ0n) is 8.53. The van der Waals surface area contributed by atoms with Crippen LogP contribution in [0.3, 0.4) is 0 Å². The minimum Gasteiger partial charge on any atom is -0.373 e. The summed E-state index contributed by atoms with van der Waals surface area (Å²) in [5.41, 5.74) is -0.106. The van der Waals surface area contributed by atoms with Crippen molar-refractivity contribution >= 4 is 5.82 Å². The summed E-state index contributed by atoms with van der Waals surface area (Å²) in [5.74, 6) is 0.864. The quantitative estimate of drug-likeness (QED) is 0.772. The highest BCUT2D eigenvalue weighted by molar-refractivity contribution is 5.34. The SMILES string of the molecule is CC1(C)OCCC1Nc1ccncn1. The second-order valence-corrected chi connectivity index (χ2v) is 4.03. The lowest BCUT2D eigenvalue weighted by molar-refractivity contribution is 0.0314. The molecule has 0 saturated carbocycles. The molecular weight excluding hydrogens is 178 g/mol. The first-order valence-electron chi connectivity index (χ1n) is 4.85. The van der Waals surface area contributed by atoms with E-state index in [2.05, 4.69) is 29.1 Å². The van der Waals surface area contributed by atoms with E-state index in [-0.39, 0.29) is 5.60 Å². The number of aromatic nitrogens is 2. The van der Waals surface area contributed by atoms with Crippen molar-refractivity contribution < 1.29 is 4.74 Å². The zero-order chi connectivity index (χ0) is 10.0. The number of hydrogen-bond acceptors (Lipinski definition) is 4. The molecule has 0 amide bonds. The smallest absolute Gasteiger partial charge is 0.129 e. The molecule has 1 aliphatic heterocycles. The Morgan fingerprint density at radius 1 is 1.57 bits per heavy atom. The molecule has 1 aliphatic rings. The Hall–Kier alpha value is -1.16. The lowest BCUT2D eigenvalue weighted by Gasteiger charge is -2.26.